The highest BCUT2D eigenvalue weighted by Crippen LogP contribution is 2.28. The van der Waals surface area contributed by atoms with Crippen molar-refractivity contribution in [2.24, 2.45) is 5.73 Å². The quantitative estimate of drug-likeness (QED) is 0.631. The number of nitrogens with one attached hydrogen (secondary N) is 1. The van der Waals surface area contributed by atoms with Crippen molar-refractivity contribution >= 4 is 0 Å². The molecule has 0 radical (unpaired) electrons. The Labute approximate surface area is 81.7 Å². The number of benzene rings is 1. The third-order valence-corrected chi connectivity index (χ3v) is 2.68. The van der Waals surface area contributed by atoms with Crippen LogP contribution in [-0.4, -0.2) is 23.8 Å². The molecule has 1 aliphatic rings. The average molecular weight is 196 g/mol. The van der Waals surface area contributed by atoms with Crippen LogP contribution in [0.1, 0.15) is 11.6 Å². The van der Waals surface area contributed by atoms with E-state index < -0.39 is 11.6 Å². The summed E-state index contributed by atoms with van der Waals surface area (Å²) in [6, 6.07) is 5.62. The van der Waals surface area contributed by atoms with Crippen molar-refractivity contribution < 1.29 is 9.50 Å². The maximum absolute atomic E-state index is 13.3. The van der Waals surface area contributed by atoms with Gasteiger partial charge in [-0.3, -0.25) is 0 Å². The Morgan fingerprint density at radius 2 is 2.07 bits per heavy atom. The van der Waals surface area contributed by atoms with E-state index in [9.17, 15) is 9.50 Å². The molecule has 1 aromatic carbocycles. The second kappa shape index (κ2) is 3.31. The Kier molecular flexibility index (Phi) is 2.26. The van der Waals surface area contributed by atoms with Gasteiger partial charge in [0.25, 0.3) is 0 Å². The van der Waals surface area contributed by atoms with Gasteiger partial charge in [0.15, 0.2) is 0 Å². The van der Waals surface area contributed by atoms with Gasteiger partial charge < -0.3 is 16.2 Å². The molecular formula is C10H13FN2O. The van der Waals surface area contributed by atoms with E-state index in [4.69, 9.17) is 5.73 Å². The standard InChI is InChI=1S/C10H13FN2O/c11-8-4-2-1-3-7(8)9(12)10(14)5-13-6-10/h1-4,9,13-14H,5-6,12H2. The van der Waals surface area contributed by atoms with Gasteiger partial charge in [-0.1, -0.05) is 18.2 Å². The molecule has 1 saturated heterocycles. The summed E-state index contributed by atoms with van der Waals surface area (Å²) in [6.07, 6.45) is 0. The summed E-state index contributed by atoms with van der Waals surface area (Å²) >= 11 is 0. The molecule has 0 amide bonds. The van der Waals surface area contributed by atoms with Gasteiger partial charge in [0.1, 0.15) is 11.4 Å². The number of hydrogen-bond acceptors (Lipinski definition) is 3. The van der Waals surface area contributed by atoms with Gasteiger partial charge in [-0.25, -0.2) is 4.39 Å². The van der Waals surface area contributed by atoms with Crippen molar-refractivity contribution in [3.8, 4) is 0 Å². The molecule has 2 rings (SSSR count). The first-order valence-electron chi connectivity index (χ1n) is 4.56. The van der Waals surface area contributed by atoms with Crippen molar-refractivity contribution in [1.82, 2.24) is 5.32 Å². The molecule has 3 nitrogen and oxygen atoms in total. The summed E-state index contributed by atoms with van der Waals surface area (Å²) in [4.78, 5) is 0. The van der Waals surface area contributed by atoms with Crippen LogP contribution in [0.15, 0.2) is 24.3 Å². The maximum Gasteiger partial charge on any atom is 0.128 e. The summed E-state index contributed by atoms with van der Waals surface area (Å²) in [6.45, 7) is 0.838. The van der Waals surface area contributed by atoms with E-state index >= 15 is 0 Å². The molecule has 14 heavy (non-hydrogen) atoms. The lowest BCUT2D eigenvalue weighted by Crippen LogP contribution is -2.64. The maximum atomic E-state index is 13.3. The Hall–Kier alpha value is -0.970. The van der Waals surface area contributed by atoms with Gasteiger partial charge in [-0.05, 0) is 6.07 Å². The fourth-order valence-electron chi connectivity index (χ4n) is 1.62. The molecule has 4 N–H and O–H groups in total. The smallest absolute Gasteiger partial charge is 0.128 e. The molecule has 1 aromatic rings. The predicted octanol–water partition coefficient (Wildman–Crippen LogP) is 0.160. The largest absolute Gasteiger partial charge is 0.385 e. The zero-order chi connectivity index (χ0) is 10.2. The van der Waals surface area contributed by atoms with Crippen LogP contribution < -0.4 is 11.1 Å². The van der Waals surface area contributed by atoms with Crippen LogP contribution >= 0.6 is 0 Å². The van der Waals surface area contributed by atoms with Gasteiger partial charge in [-0.2, -0.15) is 0 Å². The first-order valence-corrected chi connectivity index (χ1v) is 4.56. The van der Waals surface area contributed by atoms with E-state index in [2.05, 4.69) is 5.32 Å². The SMILES string of the molecule is NC(c1ccccc1F)C1(O)CNC1. The number of nitrogens with two attached hydrogens (primary N) is 1. The van der Waals surface area contributed by atoms with Crippen LogP contribution in [0.2, 0.25) is 0 Å². The molecule has 0 bridgehead atoms. The lowest BCUT2D eigenvalue weighted by Gasteiger charge is -2.42. The molecule has 0 aliphatic carbocycles. The highest BCUT2D eigenvalue weighted by molar-refractivity contribution is 5.25. The monoisotopic (exact) mass is 196 g/mol. The van der Waals surface area contributed by atoms with E-state index in [0.29, 0.717) is 18.7 Å². The first-order chi connectivity index (χ1) is 6.63. The minimum atomic E-state index is -0.998. The van der Waals surface area contributed by atoms with E-state index in [-0.39, 0.29) is 5.82 Å². The molecule has 0 aromatic heterocycles. The molecule has 1 heterocycles. The van der Waals surface area contributed by atoms with Crippen LogP contribution in [-0.2, 0) is 0 Å². The summed E-state index contributed by atoms with van der Waals surface area (Å²) in [5.74, 6) is -0.361. The van der Waals surface area contributed by atoms with Crippen LogP contribution in [0.5, 0.6) is 0 Å². The van der Waals surface area contributed by atoms with Crippen LogP contribution in [0.3, 0.4) is 0 Å². The fourth-order valence-corrected chi connectivity index (χ4v) is 1.62. The Morgan fingerprint density at radius 1 is 1.43 bits per heavy atom. The van der Waals surface area contributed by atoms with Crippen LogP contribution in [0, 0.1) is 5.82 Å². The van der Waals surface area contributed by atoms with Crippen LogP contribution in [0.25, 0.3) is 0 Å². The highest BCUT2D eigenvalue weighted by atomic mass is 19.1. The molecule has 1 fully saturated rings. The minimum Gasteiger partial charge on any atom is -0.385 e. The highest BCUT2D eigenvalue weighted by Gasteiger charge is 2.41. The Balaban J connectivity index is 2.26. The number of halogens is 1. The number of rotatable bonds is 2. The molecular weight excluding hydrogens is 183 g/mol. The third kappa shape index (κ3) is 1.41. The zero-order valence-electron chi connectivity index (χ0n) is 7.70. The predicted molar refractivity (Wildman–Crippen MR) is 51.1 cm³/mol. The molecule has 0 spiro atoms. The second-order valence-electron chi connectivity index (χ2n) is 3.71. The fraction of sp³-hybridized carbons (Fsp3) is 0.400. The summed E-state index contributed by atoms with van der Waals surface area (Å²) in [5, 5.41) is 12.8. The van der Waals surface area contributed by atoms with Crippen molar-refractivity contribution in [3.63, 3.8) is 0 Å². The van der Waals surface area contributed by atoms with Crippen molar-refractivity contribution in [1.29, 1.82) is 0 Å². The van der Waals surface area contributed by atoms with Gasteiger partial charge >= 0.3 is 0 Å². The average Bonchev–Trinajstić information content (AvgIpc) is 2.14. The second-order valence-corrected chi connectivity index (χ2v) is 3.71. The Bertz CT molecular complexity index is 339. The minimum absolute atomic E-state index is 0.361. The van der Waals surface area contributed by atoms with Gasteiger partial charge in [0, 0.05) is 18.7 Å². The number of aliphatic hydroxyl groups is 1. The molecule has 4 heteroatoms. The van der Waals surface area contributed by atoms with E-state index in [1.807, 2.05) is 0 Å². The lowest BCUT2D eigenvalue weighted by atomic mass is 9.84. The molecule has 1 aliphatic heterocycles. The third-order valence-electron chi connectivity index (χ3n) is 2.68. The lowest BCUT2D eigenvalue weighted by molar-refractivity contribution is -0.0341. The molecule has 0 saturated carbocycles. The number of hydrogen-bond donors (Lipinski definition) is 3. The number of β-amino-alcohol motifs (C(OH)–C–C–N with tert-alkyl or cyclic N) is 1. The molecule has 76 valence electrons. The van der Waals surface area contributed by atoms with Gasteiger partial charge in [0.05, 0.1) is 6.04 Å². The van der Waals surface area contributed by atoms with Gasteiger partial charge in [0.2, 0.25) is 0 Å². The summed E-state index contributed by atoms with van der Waals surface area (Å²) in [5.41, 5.74) is 5.18. The van der Waals surface area contributed by atoms with Crippen molar-refractivity contribution in [2.45, 2.75) is 11.6 Å². The molecule has 1 atom stereocenters. The summed E-state index contributed by atoms with van der Waals surface area (Å²) < 4.78 is 13.3. The van der Waals surface area contributed by atoms with E-state index in [1.54, 1.807) is 18.2 Å². The normalized spacial score (nSPS) is 21.4. The zero-order valence-corrected chi connectivity index (χ0v) is 7.70. The van der Waals surface area contributed by atoms with Crippen molar-refractivity contribution in [2.75, 3.05) is 13.1 Å². The van der Waals surface area contributed by atoms with Crippen LogP contribution in [0.4, 0.5) is 4.39 Å². The van der Waals surface area contributed by atoms with E-state index in [0.717, 1.165) is 0 Å². The van der Waals surface area contributed by atoms with Crippen molar-refractivity contribution in [3.05, 3.63) is 35.6 Å². The summed E-state index contributed by atoms with van der Waals surface area (Å²) in [7, 11) is 0. The molecule has 1 unspecified atom stereocenters. The topological polar surface area (TPSA) is 58.3 Å². The van der Waals surface area contributed by atoms with Gasteiger partial charge in [-0.15, -0.1) is 0 Å². The Morgan fingerprint density at radius 3 is 2.57 bits per heavy atom. The van der Waals surface area contributed by atoms with E-state index in [1.165, 1.54) is 6.07 Å². The first kappa shape index (κ1) is 9.58.